The molecule has 0 amide bonds. The molecule has 0 saturated heterocycles. The summed E-state index contributed by atoms with van der Waals surface area (Å²) in [5, 5.41) is 23.7. The summed E-state index contributed by atoms with van der Waals surface area (Å²) in [6, 6.07) is 5.97. The number of nitrogens with zero attached hydrogens (tertiary/aromatic N) is 1. The number of aliphatic hydroxyl groups excluding tert-OH is 1. The van der Waals surface area contributed by atoms with Crippen molar-refractivity contribution in [3.8, 4) is 0 Å². The van der Waals surface area contributed by atoms with Gasteiger partial charge in [-0.25, -0.2) is 9.78 Å². The Morgan fingerprint density at radius 2 is 2.09 bits per heavy atom. The van der Waals surface area contributed by atoms with E-state index in [4.69, 9.17) is 27.2 Å². The number of alkyl halides is 3. The summed E-state index contributed by atoms with van der Waals surface area (Å²) in [5.41, 5.74) is 8.14. The molecule has 3 aromatic rings. The minimum atomic E-state index is -5.08. The van der Waals surface area contributed by atoms with E-state index in [0.29, 0.717) is 5.15 Å². The van der Waals surface area contributed by atoms with Gasteiger partial charge in [-0.05, 0) is 46.6 Å². The van der Waals surface area contributed by atoms with Gasteiger partial charge < -0.3 is 21.3 Å². The van der Waals surface area contributed by atoms with Crippen molar-refractivity contribution in [2.24, 2.45) is 5.73 Å². The van der Waals surface area contributed by atoms with Crippen molar-refractivity contribution in [3.05, 3.63) is 43.0 Å². The maximum Gasteiger partial charge on any atom is 0.490 e. The molecule has 6 nitrogen and oxygen atoms in total. The molecule has 1 saturated carbocycles. The number of aliphatic hydroxyl groups is 1. The van der Waals surface area contributed by atoms with Gasteiger partial charge in [0.1, 0.15) is 5.15 Å². The Labute approximate surface area is 208 Å². The van der Waals surface area contributed by atoms with Gasteiger partial charge >= 0.3 is 12.1 Å². The lowest BCUT2D eigenvalue weighted by Crippen LogP contribution is -2.39. The maximum absolute atomic E-state index is 10.6. The molecule has 3 heterocycles. The lowest BCUT2D eigenvalue weighted by atomic mass is 9.82. The molecule has 0 aliphatic heterocycles. The smallest absolute Gasteiger partial charge is 0.475 e. The number of fused-ring (bicyclic) bond motifs is 1. The second-order valence-electron chi connectivity index (χ2n) is 7.37. The van der Waals surface area contributed by atoms with Crippen LogP contribution in [0.4, 0.5) is 18.9 Å². The Morgan fingerprint density at radius 3 is 2.67 bits per heavy atom. The Hall–Kier alpha value is -1.44. The average molecular weight is 587 g/mol. The summed E-state index contributed by atoms with van der Waals surface area (Å²) < 4.78 is 33.7. The number of carboxylic acid groups (broad SMARTS) is 1. The van der Waals surface area contributed by atoms with Crippen LogP contribution in [-0.2, 0) is 11.3 Å². The van der Waals surface area contributed by atoms with E-state index in [1.54, 1.807) is 22.7 Å². The van der Waals surface area contributed by atoms with Gasteiger partial charge in [0, 0.05) is 34.3 Å². The van der Waals surface area contributed by atoms with Crippen LogP contribution in [0.25, 0.3) is 10.2 Å². The van der Waals surface area contributed by atoms with Crippen molar-refractivity contribution in [3.63, 3.8) is 0 Å². The number of hydrogen-bond donors (Lipinski definition) is 4. The fraction of sp³-hybridized carbons (Fsp3) is 0.400. The van der Waals surface area contributed by atoms with Crippen LogP contribution in [0.3, 0.4) is 0 Å². The molecule has 1 fully saturated rings. The highest BCUT2D eigenvalue weighted by atomic mass is 79.9. The largest absolute Gasteiger partial charge is 0.490 e. The summed E-state index contributed by atoms with van der Waals surface area (Å²) in [4.78, 5) is 15.7. The van der Waals surface area contributed by atoms with Crippen LogP contribution >= 0.6 is 50.2 Å². The summed E-state index contributed by atoms with van der Waals surface area (Å²) in [7, 11) is 0. The molecule has 0 unspecified atom stereocenters. The van der Waals surface area contributed by atoms with E-state index >= 15 is 0 Å². The van der Waals surface area contributed by atoms with Crippen molar-refractivity contribution >= 4 is 72.1 Å². The number of aromatic nitrogens is 1. The Morgan fingerprint density at radius 1 is 1.39 bits per heavy atom. The van der Waals surface area contributed by atoms with Crippen LogP contribution < -0.4 is 11.1 Å². The zero-order valence-corrected chi connectivity index (χ0v) is 20.9. The zero-order valence-electron chi connectivity index (χ0n) is 16.9. The predicted molar refractivity (Wildman–Crippen MR) is 128 cm³/mol. The van der Waals surface area contributed by atoms with E-state index in [9.17, 15) is 18.3 Å². The molecule has 4 rings (SSSR count). The summed E-state index contributed by atoms with van der Waals surface area (Å²) in [6.45, 7) is 0.740. The molecule has 1 aliphatic rings. The first-order chi connectivity index (χ1) is 15.5. The summed E-state index contributed by atoms with van der Waals surface area (Å²) in [6.07, 6.45) is -2.81. The lowest BCUT2D eigenvalue weighted by molar-refractivity contribution is -0.192. The molecule has 0 aromatic carbocycles. The molecule has 180 valence electrons. The molecule has 0 bridgehead atoms. The second-order valence-corrected chi connectivity index (χ2v) is 10.6. The van der Waals surface area contributed by atoms with E-state index in [1.807, 2.05) is 12.1 Å². The Bertz CT molecular complexity index is 1100. The van der Waals surface area contributed by atoms with Crippen LogP contribution in [0.1, 0.15) is 34.9 Å². The van der Waals surface area contributed by atoms with E-state index in [1.165, 1.54) is 4.88 Å². The predicted octanol–water partition coefficient (Wildman–Crippen LogP) is 5.97. The number of nitrogens with two attached hydrogens (primary N) is 1. The molecule has 3 atom stereocenters. The molecule has 3 aromatic heterocycles. The number of thiophene rings is 2. The number of carbonyl (C=O) groups is 1. The zero-order chi connectivity index (χ0) is 24.3. The topological polar surface area (TPSA) is 108 Å². The molecule has 33 heavy (non-hydrogen) atoms. The van der Waals surface area contributed by atoms with Gasteiger partial charge in [0.05, 0.1) is 26.5 Å². The normalized spacial score (nSPS) is 20.9. The van der Waals surface area contributed by atoms with Crippen LogP contribution in [0.15, 0.2) is 28.1 Å². The molecule has 1 aliphatic carbocycles. The molecule has 13 heteroatoms. The molecular formula is C20H20BrClF3N3O3S2. The van der Waals surface area contributed by atoms with Crippen molar-refractivity contribution in [2.45, 2.75) is 50.0 Å². The van der Waals surface area contributed by atoms with Crippen LogP contribution in [0.2, 0.25) is 5.15 Å². The van der Waals surface area contributed by atoms with Crippen molar-refractivity contribution in [2.75, 3.05) is 5.32 Å². The van der Waals surface area contributed by atoms with E-state index in [-0.39, 0.29) is 12.0 Å². The van der Waals surface area contributed by atoms with E-state index < -0.39 is 18.2 Å². The summed E-state index contributed by atoms with van der Waals surface area (Å²) >= 11 is 13.3. The molecule has 0 spiro atoms. The number of nitrogens with one attached hydrogen (secondary N) is 1. The first-order valence-corrected chi connectivity index (χ1v) is 12.6. The highest BCUT2D eigenvalue weighted by molar-refractivity contribution is 9.10. The quantitative estimate of drug-likeness (QED) is 0.280. The van der Waals surface area contributed by atoms with Crippen LogP contribution in [0, 0.1) is 0 Å². The van der Waals surface area contributed by atoms with Crippen molar-refractivity contribution in [1.29, 1.82) is 0 Å². The lowest BCUT2D eigenvalue weighted by Gasteiger charge is -2.32. The van der Waals surface area contributed by atoms with Gasteiger partial charge in [0.25, 0.3) is 0 Å². The third-order valence-electron chi connectivity index (χ3n) is 5.07. The fourth-order valence-electron chi connectivity index (χ4n) is 3.54. The maximum atomic E-state index is 10.6. The first kappa shape index (κ1) is 26.2. The van der Waals surface area contributed by atoms with Gasteiger partial charge in [0.15, 0.2) is 0 Å². The minimum absolute atomic E-state index is 0.0406. The second kappa shape index (κ2) is 10.9. The molecule has 5 N–H and O–H groups in total. The molecular weight excluding hydrogens is 567 g/mol. The van der Waals surface area contributed by atoms with Crippen LogP contribution in [0.5, 0.6) is 0 Å². The third-order valence-corrected chi connectivity index (χ3v) is 8.52. The van der Waals surface area contributed by atoms with Gasteiger partial charge in [-0.15, -0.1) is 22.7 Å². The monoisotopic (exact) mass is 585 g/mol. The number of aliphatic carboxylic acids is 1. The number of halogens is 5. The number of pyridine rings is 1. The number of anilines is 1. The van der Waals surface area contributed by atoms with Crippen LogP contribution in [-0.4, -0.2) is 39.5 Å². The number of rotatable bonds is 4. The van der Waals surface area contributed by atoms with Crippen molar-refractivity contribution in [1.82, 2.24) is 4.98 Å². The minimum Gasteiger partial charge on any atom is -0.475 e. The van der Waals surface area contributed by atoms with E-state index in [2.05, 4.69) is 37.7 Å². The van der Waals surface area contributed by atoms with Crippen molar-refractivity contribution < 1.29 is 28.2 Å². The van der Waals surface area contributed by atoms with Gasteiger partial charge in [-0.3, -0.25) is 0 Å². The number of hydrogen-bond acceptors (Lipinski definition) is 7. The van der Waals surface area contributed by atoms with Gasteiger partial charge in [0.2, 0.25) is 0 Å². The summed E-state index contributed by atoms with van der Waals surface area (Å²) in [5.74, 6) is -2.83. The SMILES string of the molecule is N[C@@H]1CCC[C@@H](O)[C@H]1c1sc2c(NCc3cccs3)cc(Cl)nc2c1Br.O=C(O)C(F)(F)F. The van der Waals surface area contributed by atoms with Gasteiger partial charge in [-0.1, -0.05) is 17.7 Å². The average Bonchev–Trinajstić information content (AvgIpc) is 3.35. The molecule has 0 radical (unpaired) electrons. The Balaban J connectivity index is 0.000000383. The Kier molecular flexibility index (Phi) is 8.62. The van der Waals surface area contributed by atoms with Gasteiger partial charge in [-0.2, -0.15) is 13.2 Å². The van der Waals surface area contributed by atoms with E-state index in [0.717, 1.165) is 51.1 Å². The third kappa shape index (κ3) is 6.37. The standard InChI is InChI=1S/C18H19BrClN3OS2.C2HF3O2/c19-15-16-17(26-18(15)14-10(21)4-1-5-12(14)24)11(7-13(20)23-16)22-8-9-3-2-6-25-9;3-2(4,5)1(6)7/h2-3,6-7,10,12,14,24H,1,4-5,8,21H2,(H,22,23);(H,6,7)/t10-,12-,14+;/m1./s1. The fourth-order valence-corrected chi connectivity index (χ4v) is 6.67. The highest BCUT2D eigenvalue weighted by Gasteiger charge is 2.38. The number of carboxylic acids is 1. The first-order valence-electron chi connectivity index (χ1n) is 9.77. The highest BCUT2D eigenvalue weighted by Crippen LogP contribution is 2.46.